The van der Waals surface area contributed by atoms with Crippen LogP contribution in [0.15, 0.2) is 36.0 Å². The molecule has 15 heteroatoms. The van der Waals surface area contributed by atoms with E-state index in [2.05, 4.69) is 93.4 Å². The molecule has 13 nitrogen and oxygen atoms in total. The Bertz CT molecular complexity index is 1860. The number of hydrogen-bond donors (Lipinski definition) is 2. The number of esters is 1. The zero-order valence-corrected chi connectivity index (χ0v) is 49.4. The molecule has 1 aliphatic carbocycles. The molecule has 3 aliphatic heterocycles. The second-order valence-electron chi connectivity index (χ2n) is 25.1. The van der Waals surface area contributed by atoms with Crippen LogP contribution in [-0.2, 0) is 46.9 Å². The maximum absolute atomic E-state index is 15.1. The Morgan fingerprint density at radius 1 is 0.831 bits per heavy atom. The second-order valence-corrected chi connectivity index (χ2v) is 34.6. The Morgan fingerprint density at radius 3 is 1.97 bits per heavy atom. The highest BCUT2D eigenvalue weighted by molar-refractivity contribution is 6.74. The van der Waals surface area contributed by atoms with Gasteiger partial charge in [-0.2, -0.15) is 0 Å². The lowest BCUT2D eigenvalue weighted by molar-refractivity contribution is -0.346. The smallest absolute Gasteiger partial charge is 0.329 e. The number of carbonyl (C=O) groups is 3. The van der Waals surface area contributed by atoms with Gasteiger partial charge in [-0.15, -0.1) is 6.58 Å². The average molecular weight is 1030 g/mol. The number of aliphatic hydroxyl groups is 2. The summed E-state index contributed by atoms with van der Waals surface area (Å²) in [5.41, 5.74) is 1.86. The zero-order valence-electron chi connectivity index (χ0n) is 47.4. The van der Waals surface area contributed by atoms with Crippen LogP contribution in [0, 0.1) is 29.6 Å². The number of fused-ring (bicyclic) bond motifs is 3. The molecule has 71 heavy (non-hydrogen) atoms. The van der Waals surface area contributed by atoms with Crippen LogP contribution in [-0.4, -0.2) is 138 Å². The highest BCUT2D eigenvalue weighted by Crippen LogP contribution is 2.44. The standard InChI is InChI=1S/C56H99NO12Si2/c1-20-23-41-29-35(2)28-36(3)30-47(64-14)50-48(65-15)32-38(5)56(62,67-50)51(59)52(60)57-27-22-21-24-42(57)53(61)66-49(39(6)45(34-43(41)58)69-71(18,19)55(10,11)12)37(4)31-40-25-26-44(46(33-40)63-13)68-70(16,17)54(7,8)9/h20,29,31,36,38-42,44-51,59,62H,1,21-28,30,32-34H2,2-19H3/b35-29+,37-31+/t36-,38+,39+,40-,41+,42-,44+,45-,46+,47-,48-,49+,50+,51-,56+/m0/s1. The van der Waals surface area contributed by atoms with Crippen molar-refractivity contribution in [3.63, 3.8) is 0 Å². The molecular formula is C56H99NO12Si2. The lowest BCUT2D eigenvalue weighted by atomic mass is 9.81. The summed E-state index contributed by atoms with van der Waals surface area (Å²) in [5, 5.41) is 24.3. The number of methoxy groups -OCH3 is 3. The molecule has 2 N–H and O–H groups in total. The molecule has 0 radical (unpaired) electrons. The number of ketones is 1. The van der Waals surface area contributed by atoms with Crippen LogP contribution in [0.5, 0.6) is 0 Å². The van der Waals surface area contributed by atoms with Crippen LogP contribution < -0.4 is 0 Å². The summed E-state index contributed by atoms with van der Waals surface area (Å²) < 4.78 is 45.6. The van der Waals surface area contributed by atoms with E-state index in [1.807, 2.05) is 20.8 Å². The fourth-order valence-corrected chi connectivity index (χ4v) is 13.7. The van der Waals surface area contributed by atoms with E-state index in [0.717, 1.165) is 30.4 Å². The minimum atomic E-state index is -2.55. The van der Waals surface area contributed by atoms with Gasteiger partial charge in [0.1, 0.15) is 24.0 Å². The molecule has 1 amide bonds. The molecule has 0 aromatic rings. The van der Waals surface area contributed by atoms with E-state index in [1.54, 1.807) is 34.3 Å². The van der Waals surface area contributed by atoms with Crippen LogP contribution in [0.2, 0.25) is 36.3 Å². The lowest BCUT2D eigenvalue weighted by Crippen LogP contribution is -2.66. The first-order chi connectivity index (χ1) is 32.9. The molecule has 3 fully saturated rings. The van der Waals surface area contributed by atoms with Crippen molar-refractivity contribution in [1.29, 1.82) is 0 Å². The number of Topliss-reactive ketones (excluding diaryl/α,β-unsaturated/α-hetero) is 1. The second kappa shape index (κ2) is 25.2. The van der Waals surface area contributed by atoms with Crippen molar-refractivity contribution >= 4 is 34.3 Å². The molecule has 0 spiro atoms. The third kappa shape index (κ3) is 15.1. The predicted molar refractivity (Wildman–Crippen MR) is 286 cm³/mol. The van der Waals surface area contributed by atoms with Crippen LogP contribution in [0.4, 0.5) is 0 Å². The molecule has 2 bridgehead atoms. The van der Waals surface area contributed by atoms with Crippen LogP contribution in [0.1, 0.15) is 147 Å². The maximum atomic E-state index is 15.1. The molecule has 0 unspecified atom stereocenters. The number of piperidine rings is 1. The summed E-state index contributed by atoms with van der Waals surface area (Å²) in [6.07, 6.45) is 6.44. The molecular weight excluding hydrogens is 935 g/mol. The molecule has 3 heterocycles. The summed E-state index contributed by atoms with van der Waals surface area (Å²) in [4.78, 5) is 46.1. The van der Waals surface area contributed by atoms with Crippen molar-refractivity contribution in [2.75, 3.05) is 27.9 Å². The van der Waals surface area contributed by atoms with Gasteiger partial charge in [-0.3, -0.25) is 9.59 Å². The van der Waals surface area contributed by atoms with Crippen molar-refractivity contribution in [2.24, 2.45) is 29.6 Å². The largest absolute Gasteiger partial charge is 0.456 e. The normalized spacial score (nSPS) is 37.3. The monoisotopic (exact) mass is 1030 g/mol. The molecule has 408 valence electrons. The van der Waals surface area contributed by atoms with Gasteiger partial charge in [-0.1, -0.05) is 86.1 Å². The van der Waals surface area contributed by atoms with E-state index < -0.39 is 94.7 Å². The molecule has 4 aliphatic rings. The lowest BCUT2D eigenvalue weighted by Gasteiger charge is -2.49. The van der Waals surface area contributed by atoms with Crippen molar-refractivity contribution < 1.29 is 57.1 Å². The van der Waals surface area contributed by atoms with Crippen LogP contribution in [0.3, 0.4) is 0 Å². The third-order valence-electron chi connectivity index (χ3n) is 17.5. The molecule has 2 saturated heterocycles. The minimum absolute atomic E-state index is 0.0211. The Balaban J connectivity index is 1.89. The van der Waals surface area contributed by atoms with Crippen molar-refractivity contribution in [3.05, 3.63) is 36.0 Å². The van der Waals surface area contributed by atoms with Crippen LogP contribution >= 0.6 is 0 Å². The first-order valence-corrected chi connectivity index (χ1v) is 32.7. The fourth-order valence-electron chi connectivity index (χ4n) is 10.9. The number of cyclic esters (lactones) is 1. The third-order valence-corrected chi connectivity index (χ3v) is 26.5. The molecule has 0 aromatic heterocycles. The topological polar surface area (TPSA) is 160 Å². The van der Waals surface area contributed by atoms with Gasteiger partial charge in [-0.25, -0.2) is 4.79 Å². The van der Waals surface area contributed by atoms with E-state index in [9.17, 15) is 19.8 Å². The maximum Gasteiger partial charge on any atom is 0.329 e. The number of carbonyl (C=O) groups excluding carboxylic acids is 3. The SMILES string of the molecule is C=CC[C@@H]1/C=C(\C)C[C@H](C)C[C@H](OC)[C@H]2O[C@](O)([C@H](C)C[C@@H]2OC)[C@@H](O)C(=O)N2CCCC[C@H]2C(=O)O[C@H](/C(C)=C/[C@@H]2CC[C@@H](O[Si](C)(C)C(C)(C)C)[C@H](OC)C2)[C@H](C)[C@@H](O[Si](C)(C)C(C)(C)C)CC1=O. The number of amides is 1. The Hall–Kier alpha value is -2.06. The predicted octanol–water partition coefficient (Wildman–Crippen LogP) is 10.5. The molecule has 15 atom stereocenters. The molecule has 4 rings (SSSR count). The van der Waals surface area contributed by atoms with Gasteiger partial charge in [0.05, 0.1) is 30.5 Å². The summed E-state index contributed by atoms with van der Waals surface area (Å²) in [5.74, 6) is -5.25. The molecule has 1 saturated carbocycles. The van der Waals surface area contributed by atoms with E-state index in [4.69, 9.17) is 32.5 Å². The number of aliphatic hydroxyl groups excluding tert-OH is 1. The number of hydrogen-bond acceptors (Lipinski definition) is 12. The summed E-state index contributed by atoms with van der Waals surface area (Å²) in [6.45, 7) is 36.3. The van der Waals surface area contributed by atoms with Gasteiger partial charge < -0.3 is 47.6 Å². The minimum Gasteiger partial charge on any atom is -0.456 e. The number of ether oxygens (including phenoxy) is 5. The molecule has 0 aromatic carbocycles. The quantitative estimate of drug-likeness (QED) is 0.115. The van der Waals surface area contributed by atoms with E-state index in [0.29, 0.717) is 38.5 Å². The van der Waals surface area contributed by atoms with Gasteiger partial charge in [0.25, 0.3) is 5.91 Å². The summed E-state index contributed by atoms with van der Waals surface area (Å²) in [6, 6.07) is -1.05. The van der Waals surface area contributed by atoms with E-state index in [-0.39, 0.29) is 59.3 Å². The van der Waals surface area contributed by atoms with Gasteiger partial charge in [0.2, 0.25) is 5.79 Å². The highest BCUT2D eigenvalue weighted by Gasteiger charge is 2.57. The average Bonchev–Trinajstić information content (AvgIpc) is 3.28. The first kappa shape index (κ1) is 61.5. The van der Waals surface area contributed by atoms with Gasteiger partial charge >= 0.3 is 5.97 Å². The van der Waals surface area contributed by atoms with Crippen molar-refractivity contribution in [2.45, 2.75) is 244 Å². The zero-order chi connectivity index (χ0) is 53.6. The highest BCUT2D eigenvalue weighted by atomic mass is 28.4. The van der Waals surface area contributed by atoms with Crippen molar-refractivity contribution in [1.82, 2.24) is 4.90 Å². The van der Waals surface area contributed by atoms with Gasteiger partial charge in [0, 0.05) is 52.0 Å². The van der Waals surface area contributed by atoms with E-state index in [1.165, 1.54) is 4.90 Å². The summed E-state index contributed by atoms with van der Waals surface area (Å²) in [7, 11) is 0.274. The van der Waals surface area contributed by atoms with E-state index >= 15 is 4.79 Å². The first-order valence-electron chi connectivity index (χ1n) is 26.9. The van der Waals surface area contributed by atoms with Crippen LogP contribution in [0.25, 0.3) is 0 Å². The fraction of sp³-hybridized carbons (Fsp3) is 0.839. The van der Waals surface area contributed by atoms with Crippen molar-refractivity contribution in [3.8, 4) is 0 Å². The van der Waals surface area contributed by atoms with Gasteiger partial charge in [0.15, 0.2) is 22.7 Å². The number of nitrogens with zero attached hydrogens (tertiary/aromatic N) is 1. The number of allylic oxidation sites excluding steroid dienone is 4. The Kier molecular flexibility index (Phi) is 21.8. The number of rotatable bonds is 11. The summed E-state index contributed by atoms with van der Waals surface area (Å²) >= 11 is 0. The Labute approximate surface area is 431 Å². The Morgan fingerprint density at radius 2 is 1.41 bits per heavy atom. The van der Waals surface area contributed by atoms with Gasteiger partial charge in [-0.05, 0) is 132 Å².